The van der Waals surface area contributed by atoms with Gasteiger partial charge in [-0.2, -0.15) is 0 Å². The third kappa shape index (κ3) is 6.40. The lowest BCUT2D eigenvalue weighted by Gasteiger charge is -2.19. The standard InChI is InChI=1S/C11H16N5O7P.C6H15N/c1-21-8-7(17)5(2-22-24(18,19)20)23-11(8)16-4-15-6-9(12)13-3-14-10(6)16;1-4-7(5-2)6-3/h3-5,7-8,11,17H,2H2,1H3,(H2,12,13,14)(H2,18,19,20);4-6H2,1-3H3/t5-,7-,8-,11-;/m1./s1. The van der Waals surface area contributed by atoms with Gasteiger partial charge < -0.3 is 35.0 Å². The highest BCUT2D eigenvalue weighted by Gasteiger charge is 2.46. The zero-order valence-electron chi connectivity index (χ0n) is 18.0. The van der Waals surface area contributed by atoms with Gasteiger partial charge in [0, 0.05) is 7.11 Å². The Kier molecular flexibility index (Phi) is 9.28. The van der Waals surface area contributed by atoms with Crippen molar-refractivity contribution in [3.8, 4) is 0 Å². The van der Waals surface area contributed by atoms with Crippen LogP contribution in [-0.2, 0) is 18.6 Å². The van der Waals surface area contributed by atoms with E-state index in [-0.39, 0.29) is 5.82 Å². The Morgan fingerprint density at radius 3 is 2.39 bits per heavy atom. The summed E-state index contributed by atoms with van der Waals surface area (Å²) in [4.78, 5) is 32.0. The molecule has 13 nitrogen and oxygen atoms in total. The Labute approximate surface area is 180 Å². The van der Waals surface area contributed by atoms with Gasteiger partial charge >= 0.3 is 7.82 Å². The van der Waals surface area contributed by atoms with Crippen LogP contribution in [0.15, 0.2) is 12.7 Å². The number of anilines is 1. The number of phosphoric ester groups is 1. The molecule has 176 valence electrons. The van der Waals surface area contributed by atoms with Crippen LogP contribution in [0.25, 0.3) is 11.2 Å². The van der Waals surface area contributed by atoms with Gasteiger partial charge in [0.15, 0.2) is 17.7 Å². The van der Waals surface area contributed by atoms with E-state index in [1.54, 1.807) is 0 Å². The van der Waals surface area contributed by atoms with E-state index in [1.807, 2.05) is 0 Å². The van der Waals surface area contributed by atoms with E-state index < -0.39 is 39.0 Å². The van der Waals surface area contributed by atoms with Crippen molar-refractivity contribution in [1.29, 1.82) is 0 Å². The first-order valence-electron chi connectivity index (χ1n) is 9.88. The summed E-state index contributed by atoms with van der Waals surface area (Å²) < 4.78 is 27.6. The molecule has 0 unspecified atom stereocenters. The number of hydrogen-bond donors (Lipinski definition) is 4. The van der Waals surface area contributed by atoms with Crippen molar-refractivity contribution in [1.82, 2.24) is 24.4 Å². The van der Waals surface area contributed by atoms with Crippen LogP contribution in [0.3, 0.4) is 0 Å². The number of imidazole rings is 1. The number of nitrogen functional groups attached to an aromatic ring is 1. The molecule has 0 aromatic carbocycles. The number of aromatic nitrogens is 4. The summed E-state index contributed by atoms with van der Waals surface area (Å²) in [5, 5.41) is 10.3. The highest BCUT2D eigenvalue weighted by molar-refractivity contribution is 7.46. The Morgan fingerprint density at radius 2 is 1.87 bits per heavy atom. The summed E-state index contributed by atoms with van der Waals surface area (Å²) in [7, 11) is -3.31. The lowest BCUT2D eigenvalue weighted by atomic mass is 10.1. The Balaban J connectivity index is 0.000000423. The minimum Gasteiger partial charge on any atom is -0.387 e. The number of hydrogen-bond acceptors (Lipinski definition) is 10. The summed E-state index contributed by atoms with van der Waals surface area (Å²) in [6.07, 6.45) is -1.19. The largest absolute Gasteiger partial charge is 0.469 e. The molecule has 1 saturated heterocycles. The molecule has 1 aliphatic rings. The maximum Gasteiger partial charge on any atom is 0.469 e. The number of rotatable bonds is 8. The zero-order chi connectivity index (χ0) is 23.2. The molecule has 1 fully saturated rings. The van der Waals surface area contributed by atoms with Crippen LogP contribution in [-0.4, -0.2) is 91.0 Å². The van der Waals surface area contributed by atoms with Gasteiger partial charge in [0.05, 0.1) is 12.9 Å². The van der Waals surface area contributed by atoms with Gasteiger partial charge in [-0.15, -0.1) is 0 Å². The molecule has 2 aromatic heterocycles. The van der Waals surface area contributed by atoms with Crippen molar-refractivity contribution in [3.63, 3.8) is 0 Å². The molecule has 2 aromatic rings. The van der Waals surface area contributed by atoms with E-state index in [0.717, 1.165) is 0 Å². The highest BCUT2D eigenvalue weighted by Crippen LogP contribution is 2.39. The first-order chi connectivity index (χ1) is 14.7. The van der Waals surface area contributed by atoms with Crippen LogP contribution in [0.1, 0.15) is 27.0 Å². The molecule has 0 radical (unpaired) electrons. The minimum atomic E-state index is -4.69. The Morgan fingerprint density at radius 1 is 1.23 bits per heavy atom. The maximum atomic E-state index is 10.8. The molecule has 0 amide bonds. The van der Waals surface area contributed by atoms with Gasteiger partial charge in [0.25, 0.3) is 0 Å². The third-order valence-electron chi connectivity index (χ3n) is 4.99. The molecule has 0 bridgehead atoms. The number of aliphatic hydroxyl groups is 1. The summed E-state index contributed by atoms with van der Waals surface area (Å²) >= 11 is 0. The predicted octanol–water partition coefficient (Wildman–Crippen LogP) is 0.139. The molecule has 14 heteroatoms. The second-order valence-electron chi connectivity index (χ2n) is 6.74. The summed E-state index contributed by atoms with van der Waals surface area (Å²) in [6.45, 7) is 9.62. The van der Waals surface area contributed by atoms with Crippen molar-refractivity contribution >= 4 is 24.8 Å². The molecule has 3 rings (SSSR count). The van der Waals surface area contributed by atoms with E-state index >= 15 is 0 Å². The van der Waals surface area contributed by atoms with Crippen LogP contribution >= 0.6 is 7.82 Å². The molecule has 31 heavy (non-hydrogen) atoms. The van der Waals surface area contributed by atoms with Crippen LogP contribution in [0, 0.1) is 0 Å². The van der Waals surface area contributed by atoms with E-state index in [9.17, 15) is 9.67 Å². The lowest BCUT2D eigenvalue weighted by molar-refractivity contribution is -0.0578. The molecule has 0 spiro atoms. The van der Waals surface area contributed by atoms with E-state index in [1.165, 1.54) is 44.0 Å². The molecule has 3 heterocycles. The lowest BCUT2D eigenvalue weighted by Crippen LogP contribution is -2.35. The summed E-state index contributed by atoms with van der Waals surface area (Å²) in [5.74, 6) is 0.188. The van der Waals surface area contributed by atoms with Gasteiger partial charge in [-0.1, -0.05) is 20.8 Å². The monoisotopic (exact) mass is 462 g/mol. The number of phosphoric acid groups is 1. The fourth-order valence-corrected chi connectivity index (χ4v) is 3.57. The van der Waals surface area contributed by atoms with Crippen molar-refractivity contribution in [2.75, 3.05) is 39.1 Å². The van der Waals surface area contributed by atoms with Crippen LogP contribution in [0.2, 0.25) is 0 Å². The average Bonchev–Trinajstić information content (AvgIpc) is 3.29. The third-order valence-corrected chi connectivity index (χ3v) is 5.48. The highest BCUT2D eigenvalue weighted by atomic mass is 31.2. The fraction of sp³-hybridized carbons (Fsp3) is 0.706. The molecular weight excluding hydrogens is 431 g/mol. The molecule has 0 saturated carbocycles. The van der Waals surface area contributed by atoms with Crippen LogP contribution in [0.5, 0.6) is 0 Å². The van der Waals surface area contributed by atoms with Crippen molar-refractivity contribution in [2.24, 2.45) is 0 Å². The van der Waals surface area contributed by atoms with Gasteiger partial charge in [-0.3, -0.25) is 9.09 Å². The smallest absolute Gasteiger partial charge is 0.387 e. The molecule has 0 aliphatic carbocycles. The molecular formula is C17H31N6O7P. The zero-order valence-corrected chi connectivity index (χ0v) is 18.9. The van der Waals surface area contributed by atoms with E-state index in [2.05, 4.69) is 45.1 Å². The normalized spacial score (nSPS) is 23.9. The second-order valence-corrected chi connectivity index (χ2v) is 7.98. The first kappa shape index (κ1) is 25.6. The second kappa shape index (κ2) is 11.2. The number of ether oxygens (including phenoxy) is 2. The van der Waals surface area contributed by atoms with Crippen LogP contribution in [0.4, 0.5) is 5.82 Å². The first-order valence-corrected chi connectivity index (χ1v) is 11.4. The van der Waals surface area contributed by atoms with E-state index in [0.29, 0.717) is 11.2 Å². The van der Waals surface area contributed by atoms with E-state index in [4.69, 9.17) is 25.0 Å². The quantitative estimate of drug-likeness (QED) is 0.391. The van der Waals surface area contributed by atoms with Gasteiger partial charge in [0.2, 0.25) is 0 Å². The SMILES string of the molecule is CCN(CC)CC.CO[C@@H]1[C@H](O)[C@@H](COP(=O)(O)O)O[C@H]1n1cnc2c(N)ncnc21. The Hall–Kier alpha value is -1.70. The van der Waals surface area contributed by atoms with Crippen LogP contribution < -0.4 is 5.73 Å². The number of nitrogens with two attached hydrogens (primary N) is 1. The predicted molar refractivity (Wildman–Crippen MR) is 112 cm³/mol. The van der Waals surface area contributed by atoms with Gasteiger partial charge in [0.1, 0.15) is 30.2 Å². The molecule has 1 aliphatic heterocycles. The number of nitrogens with zero attached hydrogens (tertiary/aromatic N) is 5. The topological polar surface area (TPSA) is 178 Å². The summed E-state index contributed by atoms with van der Waals surface area (Å²) in [6, 6.07) is 0. The van der Waals surface area contributed by atoms with Crippen molar-refractivity contribution < 1.29 is 33.5 Å². The minimum absolute atomic E-state index is 0.188. The average molecular weight is 462 g/mol. The van der Waals surface area contributed by atoms with Gasteiger partial charge in [-0.05, 0) is 19.6 Å². The van der Waals surface area contributed by atoms with Crippen molar-refractivity contribution in [2.45, 2.75) is 45.3 Å². The number of aliphatic hydroxyl groups excluding tert-OH is 1. The molecule has 5 N–H and O–H groups in total. The fourth-order valence-electron chi connectivity index (χ4n) is 3.23. The van der Waals surface area contributed by atoms with Gasteiger partial charge in [-0.25, -0.2) is 19.5 Å². The number of methoxy groups -OCH3 is 1. The molecule has 4 atom stereocenters. The summed E-state index contributed by atoms with van der Waals surface area (Å²) in [5.41, 5.74) is 6.47. The number of fused-ring (bicyclic) bond motifs is 1. The van der Waals surface area contributed by atoms with Crippen molar-refractivity contribution in [3.05, 3.63) is 12.7 Å². The Bertz CT molecular complexity index is 868. The maximum absolute atomic E-state index is 10.8.